The molecule has 0 radical (unpaired) electrons. The van der Waals surface area contributed by atoms with Crippen LogP contribution in [0.4, 0.5) is 13.2 Å². The molecule has 192 valence electrons. The van der Waals surface area contributed by atoms with Gasteiger partial charge in [0.2, 0.25) is 0 Å². The summed E-state index contributed by atoms with van der Waals surface area (Å²) >= 11 is 3.46. The fraction of sp³-hybridized carbons (Fsp3) is 0.214. The molecule has 0 bridgehead atoms. The average molecular weight is 573 g/mol. The van der Waals surface area contributed by atoms with Crippen LogP contribution >= 0.6 is 15.9 Å². The molecule has 0 aliphatic heterocycles. The number of carbonyl (C=O) groups is 1. The van der Waals surface area contributed by atoms with Crippen LogP contribution in [0.5, 0.6) is 5.75 Å². The molecule has 0 amide bonds. The van der Waals surface area contributed by atoms with Gasteiger partial charge in [-0.3, -0.25) is 4.79 Å². The van der Waals surface area contributed by atoms with E-state index >= 15 is 0 Å². The number of carbonyl (C=O) groups excluding carboxylic acids is 1. The van der Waals surface area contributed by atoms with Crippen LogP contribution in [0.1, 0.15) is 25.3 Å². The molecule has 1 heterocycles. The highest BCUT2D eigenvalue weighted by Gasteiger charge is 2.34. The van der Waals surface area contributed by atoms with E-state index in [-0.39, 0.29) is 24.6 Å². The van der Waals surface area contributed by atoms with Gasteiger partial charge < -0.3 is 9.47 Å². The van der Waals surface area contributed by atoms with Crippen molar-refractivity contribution >= 4 is 21.9 Å². The molecule has 0 saturated heterocycles. The molecule has 0 saturated carbocycles. The first-order chi connectivity index (χ1) is 17.8. The van der Waals surface area contributed by atoms with E-state index in [0.29, 0.717) is 41.4 Å². The molecule has 4 aromatic rings. The Morgan fingerprint density at radius 2 is 1.70 bits per heavy atom. The van der Waals surface area contributed by atoms with E-state index in [4.69, 9.17) is 14.6 Å². The molecule has 0 aliphatic rings. The van der Waals surface area contributed by atoms with Crippen LogP contribution in [0.2, 0.25) is 0 Å². The second-order valence-corrected chi connectivity index (χ2v) is 9.02. The smallest absolute Gasteiger partial charge is 0.417 e. The monoisotopic (exact) mass is 572 g/mol. The number of esters is 1. The first-order valence-corrected chi connectivity index (χ1v) is 12.5. The molecule has 3 aromatic carbocycles. The minimum Gasteiger partial charge on any atom is -0.493 e. The number of benzene rings is 3. The largest absolute Gasteiger partial charge is 0.493 e. The fourth-order valence-corrected chi connectivity index (χ4v) is 4.25. The van der Waals surface area contributed by atoms with Crippen LogP contribution < -0.4 is 4.74 Å². The molecule has 5 nitrogen and oxygen atoms in total. The highest BCUT2D eigenvalue weighted by Crippen LogP contribution is 2.40. The highest BCUT2D eigenvalue weighted by molar-refractivity contribution is 9.10. The van der Waals surface area contributed by atoms with Crippen molar-refractivity contribution < 1.29 is 27.4 Å². The minimum absolute atomic E-state index is 0.0181. The molecule has 0 aliphatic carbocycles. The summed E-state index contributed by atoms with van der Waals surface area (Å²) in [5.41, 5.74) is 1.23. The van der Waals surface area contributed by atoms with Gasteiger partial charge in [0, 0.05) is 22.0 Å². The van der Waals surface area contributed by atoms with Gasteiger partial charge in [0.25, 0.3) is 0 Å². The Kier molecular flexibility index (Phi) is 8.33. The fourth-order valence-electron chi connectivity index (χ4n) is 3.88. The van der Waals surface area contributed by atoms with E-state index in [9.17, 15) is 18.0 Å². The maximum Gasteiger partial charge on any atom is 0.417 e. The first kappa shape index (κ1) is 26.5. The second kappa shape index (κ2) is 11.6. The topological polar surface area (TPSA) is 53.4 Å². The van der Waals surface area contributed by atoms with E-state index in [1.165, 1.54) is 16.8 Å². The number of para-hydroxylation sites is 1. The summed E-state index contributed by atoms with van der Waals surface area (Å²) in [6, 6.07) is 21.4. The van der Waals surface area contributed by atoms with Crippen LogP contribution in [0.25, 0.3) is 28.2 Å². The molecule has 0 N–H and O–H groups in total. The molecule has 1 aromatic heterocycles. The maximum atomic E-state index is 13.9. The SMILES string of the molecule is CCOC(=O)CCCOc1ccc(Br)cc1-c1cc(-c2ccccc2C(F)(F)F)n(-c2ccccc2)n1. The standard InChI is InChI=1S/C28H24BrF3N2O3/c1-2-36-27(35)13-8-16-37-26-15-14-19(29)17-22(26)24-18-25(34(33-24)20-9-4-3-5-10-20)21-11-6-7-12-23(21)28(30,31)32/h3-7,9-12,14-15,17-18H,2,8,13,16H2,1H3. The quantitative estimate of drug-likeness (QED) is 0.152. The van der Waals surface area contributed by atoms with Gasteiger partial charge in [-0.05, 0) is 55.8 Å². The predicted molar refractivity (Wildman–Crippen MR) is 138 cm³/mol. The summed E-state index contributed by atoms with van der Waals surface area (Å²) < 4.78 is 54.9. The van der Waals surface area contributed by atoms with Crippen LogP contribution in [0, 0.1) is 0 Å². The summed E-state index contributed by atoms with van der Waals surface area (Å²) in [6.07, 6.45) is -3.86. The van der Waals surface area contributed by atoms with Gasteiger partial charge >= 0.3 is 12.1 Å². The Bertz CT molecular complexity index is 1370. The minimum atomic E-state index is -4.54. The number of alkyl halides is 3. The van der Waals surface area contributed by atoms with Crippen LogP contribution in [-0.4, -0.2) is 29.0 Å². The van der Waals surface area contributed by atoms with Gasteiger partial charge in [0.05, 0.1) is 35.9 Å². The van der Waals surface area contributed by atoms with E-state index in [2.05, 4.69) is 15.9 Å². The number of nitrogens with zero attached hydrogens (tertiary/aromatic N) is 2. The number of hydrogen-bond donors (Lipinski definition) is 0. The van der Waals surface area contributed by atoms with E-state index in [1.807, 2.05) is 6.07 Å². The van der Waals surface area contributed by atoms with Crippen LogP contribution in [-0.2, 0) is 15.7 Å². The van der Waals surface area contributed by atoms with Gasteiger partial charge in [0.15, 0.2) is 0 Å². The Morgan fingerprint density at radius 3 is 2.43 bits per heavy atom. The lowest BCUT2D eigenvalue weighted by atomic mass is 10.0. The first-order valence-electron chi connectivity index (χ1n) is 11.7. The van der Waals surface area contributed by atoms with Crippen molar-refractivity contribution in [1.29, 1.82) is 0 Å². The molecule has 0 fully saturated rings. The van der Waals surface area contributed by atoms with Gasteiger partial charge in [-0.25, -0.2) is 4.68 Å². The lowest BCUT2D eigenvalue weighted by Gasteiger charge is -2.14. The van der Waals surface area contributed by atoms with Crippen molar-refractivity contribution in [2.45, 2.75) is 25.9 Å². The molecule has 0 atom stereocenters. The zero-order valence-corrected chi connectivity index (χ0v) is 21.6. The van der Waals surface area contributed by atoms with Crippen molar-refractivity contribution in [3.63, 3.8) is 0 Å². The molecule has 9 heteroatoms. The van der Waals surface area contributed by atoms with Crippen LogP contribution in [0.3, 0.4) is 0 Å². The van der Waals surface area contributed by atoms with Crippen LogP contribution in [0.15, 0.2) is 83.3 Å². The van der Waals surface area contributed by atoms with Gasteiger partial charge in [-0.15, -0.1) is 0 Å². The van der Waals surface area contributed by atoms with Crippen molar-refractivity contribution in [3.8, 4) is 34.0 Å². The summed E-state index contributed by atoms with van der Waals surface area (Å²) in [7, 11) is 0. The maximum absolute atomic E-state index is 13.9. The molecular formula is C28H24BrF3N2O3. The lowest BCUT2D eigenvalue weighted by molar-refractivity contribution is -0.143. The molecule has 0 unspecified atom stereocenters. The third-order valence-corrected chi connectivity index (χ3v) is 6.02. The van der Waals surface area contributed by atoms with E-state index < -0.39 is 11.7 Å². The molecule has 4 rings (SSSR count). The van der Waals surface area contributed by atoms with Gasteiger partial charge in [-0.2, -0.15) is 18.3 Å². The Hall–Kier alpha value is -3.59. The molecule has 0 spiro atoms. The number of halogens is 4. The molecular weight excluding hydrogens is 549 g/mol. The number of aromatic nitrogens is 2. The third-order valence-electron chi connectivity index (χ3n) is 5.52. The van der Waals surface area contributed by atoms with E-state index in [0.717, 1.165) is 10.5 Å². The Morgan fingerprint density at radius 1 is 0.973 bits per heavy atom. The van der Waals surface area contributed by atoms with E-state index in [1.54, 1.807) is 61.5 Å². The molecule has 37 heavy (non-hydrogen) atoms. The summed E-state index contributed by atoms with van der Waals surface area (Å²) in [5, 5.41) is 4.71. The normalized spacial score (nSPS) is 11.4. The zero-order chi connectivity index (χ0) is 26.4. The number of rotatable bonds is 9. The average Bonchev–Trinajstić information content (AvgIpc) is 3.33. The lowest BCUT2D eigenvalue weighted by Crippen LogP contribution is -2.08. The number of hydrogen-bond acceptors (Lipinski definition) is 4. The third kappa shape index (κ3) is 6.40. The predicted octanol–water partition coefficient (Wildman–Crippen LogP) is 7.71. The van der Waals surface area contributed by atoms with Crippen molar-refractivity contribution in [2.24, 2.45) is 0 Å². The van der Waals surface area contributed by atoms with Crippen molar-refractivity contribution in [2.75, 3.05) is 13.2 Å². The number of ether oxygens (including phenoxy) is 2. The van der Waals surface area contributed by atoms with Gasteiger partial charge in [-0.1, -0.05) is 52.3 Å². The summed E-state index contributed by atoms with van der Waals surface area (Å²) in [4.78, 5) is 11.6. The van der Waals surface area contributed by atoms with Crippen molar-refractivity contribution in [3.05, 3.63) is 88.9 Å². The Labute approximate surface area is 221 Å². The van der Waals surface area contributed by atoms with Gasteiger partial charge in [0.1, 0.15) is 5.75 Å². The summed E-state index contributed by atoms with van der Waals surface area (Å²) in [5.74, 6) is 0.206. The summed E-state index contributed by atoms with van der Waals surface area (Å²) in [6.45, 7) is 2.33. The van der Waals surface area contributed by atoms with Crippen molar-refractivity contribution in [1.82, 2.24) is 9.78 Å². The highest BCUT2D eigenvalue weighted by atomic mass is 79.9. The Balaban J connectivity index is 1.76. The second-order valence-electron chi connectivity index (χ2n) is 8.10. The zero-order valence-electron chi connectivity index (χ0n) is 20.0.